The van der Waals surface area contributed by atoms with E-state index < -0.39 is 0 Å². The zero-order valence-corrected chi connectivity index (χ0v) is 13.5. The van der Waals surface area contributed by atoms with Gasteiger partial charge < -0.3 is 15.4 Å². The minimum Gasteiger partial charge on any atom is -0.491 e. The van der Waals surface area contributed by atoms with Crippen LogP contribution >= 0.6 is 0 Å². The van der Waals surface area contributed by atoms with Crippen molar-refractivity contribution in [1.29, 1.82) is 0 Å². The number of benzene rings is 2. The molecule has 0 bridgehead atoms. The first-order valence-corrected chi connectivity index (χ1v) is 8.06. The van der Waals surface area contributed by atoms with Crippen molar-refractivity contribution < 1.29 is 9.53 Å². The van der Waals surface area contributed by atoms with Crippen molar-refractivity contribution in [2.24, 2.45) is 0 Å². The lowest BCUT2D eigenvalue weighted by Crippen LogP contribution is -2.29. The number of nitrogens with one attached hydrogen (secondary N) is 2. The standard InChI is InChI=1S/C19H24N2O2/c1-2-20-19(22)15-21-17-12-6-7-13-18(17)23-14-8-11-16-9-4-3-5-10-16/h3-7,9-10,12-13,21H,2,8,11,14-15H2,1H3,(H,20,22). The van der Waals surface area contributed by atoms with Crippen LogP contribution in [0, 0.1) is 0 Å². The molecule has 0 unspecified atom stereocenters. The molecule has 1 amide bonds. The third kappa shape index (κ3) is 6.02. The highest BCUT2D eigenvalue weighted by Crippen LogP contribution is 2.23. The summed E-state index contributed by atoms with van der Waals surface area (Å²) in [5, 5.41) is 5.88. The topological polar surface area (TPSA) is 50.4 Å². The molecule has 0 atom stereocenters. The van der Waals surface area contributed by atoms with Crippen LogP contribution in [0.15, 0.2) is 54.6 Å². The second-order valence-electron chi connectivity index (χ2n) is 5.24. The van der Waals surface area contributed by atoms with E-state index in [0.29, 0.717) is 13.2 Å². The minimum atomic E-state index is -0.0219. The van der Waals surface area contributed by atoms with Gasteiger partial charge in [-0.25, -0.2) is 0 Å². The molecule has 2 rings (SSSR count). The molecule has 2 N–H and O–H groups in total. The summed E-state index contributed by atoms with van der Waals surface area (Å²) in [6.07, 6.45) is 1.95. The Hall–Kier alpha value is -2.49. The Kier molecular flexibility index (Phi) is 6.98. The van der Waals surface area contributed by atoms with Gasteiger partial charge in [-0.3, -0.25) is 4.79 Å². The quantitative estimate of drug-likeness (QED) is 0.699. The SMILES string of the molecule is CCNC(=O)CNc1ccccc1OCCCc1ccccc1. The van der Waals surface area contributed by atoms with Gasteiger partial charge >= 0.3 is 0 Å². The predicted molar refractivity (Wildman–Crippen MR) is 93.9 cm³/mol. The molecule has 0 saturated carbocycles. The van der Waals surface area contributed by atoms with Gasteiger partial charge in [0.1, 0.15) is 5.75 Å². The van der Waals surface area contributed by atoms with Crippen LogP contribution in [-0.4, -0.2) is 25.6 Å². The molecule has 0 aliphatic heterocycles. The molecular weight excluding hydrogens is 288 g/mol. The summed E-state index contributed by atoms with van der Waals surface area (Å²) in [5.74, 6) is 0.760. The van der Waals surface area contributed by atoms with Crippen LogP contribution in [0.2, 0.25) is 0 Å². The fourth-order valence-corrected chi connectivity index (χ4v) is 2.28. The lowest BCUT2D eigenvalue weighted by Gasteiger charge is -2.13. The molecule has 4 heteroatoms. The number of carbonyl (C=O) groups is 1. The fourth-order valence-electron chi connectivity index (χ4n) is 2.28. The van der Waals surface area contributed by atoms with Crippen LogP contribution in [0.1, 0.15) is 18.9 Å². The van der Waals surface area contributed by atoms with Crippen molar-refractivity contribution in [2.45, 2.75) is 19.8 Å². The van der Waals surface area contributed by atoms with Gasteiger partial charge in [0.05, 0.1) is 18.8 Å². The van der Waals surface area contributed by atoms with E-state index in [1.807, 2.05) is 37.3 Å². The van der Waals surface area contributed by atoms with E-state index in [2.05, 4.69) is 34.9 Å². The van der Waals surface area contributed by atoms with Gasteiger partial charge in [-0.15, -0.1) is 0 Å². The number of hydrogen-bond donors (Lipinski definition) is 2. The molecule has 4 nitrogen and oxygen atoms in total. The zero-order valence-electron chi connectivity index (χ0n) is 13.5. The number of aryl methyl sites for hydroxylation is 1. The molecule has 0 aliphatic carbocycles. The third-order valence-corrected chi connectivity index (χ3v) is 3.41. The number of ether oxygens (including phenoxy) is 1. The summed E-state index contributed by atoms with van der Waals surface area (Å²) in [5.41, 5.74) is 2.16. The van der Waals surface area contributed by atoms with Gasteiger partial charge in [0, 0.05) is 6.54 Å². The summed E-state index contributed by atoms with van der Waals surface area (Å²) in [7, 11) is 0. The van der Waals surface area contributed by atoms with Crippen molar-refractivity contribution >= 4 is 11.6 Å². The van der Waals surface area contributed by atoms with Gasteiger partial charge in [-0.2, -0.15) is 0 Å². The average Bonchev–Trinajstić information content (AvgIpc) is 2.59. The molecule has 122 valence electrons. The van der Waals surface area contributed by atoms with E-state index in [1.54, 1.807) is 0 Å². The van der Waals surface area contributed by atoms with Gasteiger partial charge in [-0.1, -0.05) is 42.5 Å². The Labute approximate surface area is 137 Å². The monoisotopic (exact) mass is 312 g/mol. The summed E-state index contributed by atoms with van der Waals surface area (Å²) in [4.78, 5) is 11.5. The highest BCUT2D eigenvalue weighted by molar-refractivity contribution is 5.81. The van der Waals surface area contributed by atoms with Crippen LogP contribution in [0.25, 0.3) is 0 Å². The smallest absolute Gasteiger partial charge is 0.239 e. The maximum Gasteiger partial charge on any atom is 0.239 e. The van der Waals surface area contributed by atoms with E-state index >= 15 is 0 Å². The molecule has 0 spiro atoms. The summed E-state index contributed by atoms with van der Waals surface area (Å²) in [6.45, 7) is 3.44. The van der Waals surface area contributed by atoms with Crippen molar-refractivity contribution in [3.8, 4) is 5.75 Å². The Morgan fingerprint density at radius 3 is 2.57 bits per heavy atom. The van der Waals surface area contributed by atoms with Crippen molar-refractivity contribution in [3.63, 3.8) is 0 Å². The Morgan fingerprint density at radius 1 is 1.04 bits per heavy atom. The molecule has 0 radical (unpaired) electrons. The van der Waals surface area contributed by atoms with E-state index in [9.17, 15) is 4.79 Å². The second kappa shape index (κ2) is 9.51. The average molecular weight is 312 g/mol. The molecule has 0 aromatic heterocycles. The highest BCUT2D eigenvalue weighted by atomic mass is 16.5. The summed E-state index contributed by atoms with van der Waals surface area (Å²) >= 11 is 0. The van der Waals surface area contributed by atoms with Crippen LogP contribution in [0.3, 0.4) is 0 Å². The Balaban J connectivity index is 1.79. The maximum atomic E-state index is 11.5. The zero-order chi connectivity index (χ0) is 16.3. The first-order valence-electron chi connectivity index (χ1n) is 8.06. The molecule has 0 fully saturated rings. The number of rotatable bonds is 9. The van der Waals surface area contributed by atoms with Crippen LogP contribution in [-0.2, 0) is 11.2 Å². The first kappa shape index (κ1) is 16.9. The molecule has 0 saturated heterocycles. The van der Waals surface area contributed by atoms with Crippen molar-refractivity contribution in [2.75, 3.05) is 25.0 Å². The molecule has 2 aromatic carbocycles. The van der Waals surface area contributed by atoms with Crippen molar-refractivity contribution in [3.05, 3.63) is 60.2 Å². The molecule has 23 heavy (non-hydrogen) atoms. The fraction of sp³-hybridized carbons (Fsp3) is 0.316. The Morgan fingerprint density at radius 2 is 1.78 bits per heavy atom. The third-order valence-electron chi connectivity index (χ3n) is 3.41. The number of para-hydroxylation sites is 2. The minimum absolute atomic E-state index is 0.0219. The number of hydrogen-bond acceptors (Lipinski definition) is 3. The molecule has 0 aliphatic rings. The lowest BCUT2D eigenvalue weighted by molar-refractivity contribution is -0.119. The van der Waals surface area contributed by atoms with E-state index in [0.717, 1.165) is 24.3 Å². The summed E-state index contributed by atoms with van der Waals surface area (Å²) < 4.78 is 5.86. The van der Waals surface area contributed by atoms with Gasteiger partial charge in [0.2, 0.25) is 5.91 Å². The predicted octanol–water partition coefficient (Wildman–Crippen LogP) is 3.25. The Bertz CT molecular complexity index is 599. The largest absolute Gasteiger partial charge is 0.491 e. The molecule has 2 aromatic rings. The van der Waals surface area contributed by atoms with E-state index in [1.165, 1.54) is 5.56 Å². The van der Waals surface area contributed by atoms with Crippen molar-refractivity contribution in [1.82, 2.24) is 5.32 Å². The molecular formula is C19H24N2O2. The first-order chi connectivity index (χ1) is 11.3. The number of anilines is 1. The second-order valence-corrected chi connectivity index (χ2v) is 5.24. The van der Waals surface area contributed by atoms with Crippen LogP contribution in [0.5, 0.6) is 5.75 Å². The normalized spacial score (nSPS) is 10.1. The maximum absolute atomic E-state index is 11.5. The van der Waals surface area contributed by atoms with Gasteiger partial charge in [-0.05, 0) is 37.5 Å². The van der Waals surface area contributed by atoms with E-state index in [-0.39, 0.29) is 12.5 Å². The van der Waals surface area contributed by atoms with E-state index in [4.69, 9.17) is 4.74 Å². The number of carbonyl (C=O) groups excluding carboxylic acids is 1. The summed E-state index contributed by atoms with van der Waals surface area (Å²) in [6, 6.07) is 18.1. The number of likely N-dealkylation sites (N-methyl/N-ethyl adjacent to an activating group) is 1. The molecule has 0 heterocycles. The van der Waals surface area contributed by atoms with Gasteiger partial charge in [0.15, 0.2) is 0 Å². The van der Waals surface area contributed by atoms with Crippen LogP contribution in [0.4, 0.5) is 5.69 Å². The number of amides is 1. The highest BCUT2D eigenvalue weighted by Gasteiger charge is 2.05. The van der Waals surface area contributed by atoms with Crippen LogP contribution < -0.4 is 15.4 Å². The van der Waals surface area contributed by atoms with Gasteiger partial charge in [0.25, 0.3) is 0 Å². The lowest BCUT2D eigenvalue weighted by atomic mass is 10.1.